The number of hydrogen-bond donors (Lipinski definition) is 3. The van der Waals surface area contributed by atoms with Crippen molar-refractivity contribution >= 4 is 42.3 Å². The second-order valence-corrected chi connectivity index (χ2v) is 18.8. The van der Waals surface area contributed by atoms with Gasteiger partial charge in [0.25, 0.3) is 0 Å². The van der Waals surface area contributed by atoms with Crippen LogP contribution < -0.4 is 9.64 Å². The first kappa shape index (κ1) is 54.0. The zero-order chi connectivity index (χ0) is 49.0. The smallest absolute Gasteiger partial charge is 0.350 e. The predicted octanol–water partition coefficient (Wildman–Crippen LogP) is 1.88. The molecular weight excluding hydrogens is 963 g/mol. The molecule has 0 unspecified atom stereocenters. The van der Waals surface area contributed by atoms with E-state index >= 15 is 0 Å². The van der Waals surface area contributed by atoms with Gasteiger partial charge in [-0.15, -0.1) is 5.10 Å². The zero-order valence-corrected chi connectivity index (χ0v) is 40.8. The number of aliphatic hydroxyl groups excluding tert-OH is 1. The number of aliphatic hydroxyl groups is 1. The number of aromatic nitrogens is 7. The molecule has 3 N–H and O–H groups in total. The van der Waals surface area contributed by atoms with E-state index in [4.69, 9.17) is 73.5 Å². The number of hydrogen-bond acceptors (Lipinski definition) is 20. The van der Waals surface area contributed by atoms with Crippen molar-refractivity contribution in [2.24, 2.45) is 0 Å². The van der Waals surface area contributed by atoms with Gasteiger partial charge in [0.2, 0.25) is 5.28 Å². The monoisotopic (exact) mass is 1030 g/mol. The molecule has 7 rings (SSSR count). The predicted molar refractivity (Wildman–Crippen MR) is 248 cm³/mol. The Bertz CT molecular complexity index is 2250. The fourth-order valence-corrected chi connectivity index (χ4v) is 8.82. The molecule has 3 aromatic heterocycles. The summed E-state index contributed by atoms with van der Waals surface area (Å²) in [5, 5.41) is 24.2. The number of nitrogens with zero attached hydrogens (tertiary/aromatic N) is 8. The number of ether oxygens (including phenoxy) is 11. The van der Waals surface area contributed by atoms with E-state index in [-0.39, 0.29) is 23.7 Å². The van der Waals surface area contributed by atoms with Crippen molar-refractivity contribution in [1.82, 2.24) is 34.7 Å². The number of rotatable bonds is 36. The van der Waals surface area contributed by atoms with Gasteiger partial charge in [-0.1, -0.05) is 11.3 Å². The fraction of sp³-hybridized carbons (Fsp3) is 0.682. The average molecular weight is 1030 g/mol. The van der Waals surface area contributed by atoms with Gasteiger partial charge in [0, 0.05) is 31.3 Å². The van der Waals surface area contributed by atoms with Gasteiger partial charge in [0.1, 0.15) is 42.6 Å². The van der Waals surface area contributed by atoms with E-state index < -0.39 is 32.4 Å². The summed E-state index contributed by atoms with van der Waals surface area (Å²) in [6.45, 7) is 9.31. The molecule has 0 saturated carbocycles. The Hall–Kier alpha value is -3.82. The summed E-state index contributed by atoms with van der Waals surface area (Å²) in [5.74, 6) is 1.42. The molecule has 1 aliphatic carbocycles. The molecule has 2 aliphatic heterocycles. The average Bonchev–Trinajstić information content (AvgIpc) is 4.13. The van der Waals surface area contributed by atoms with Crippen LogP contribution in [0.4, 0.5) is 5.82 Å². The molecule has 70 heavy (non-hydrogen) atoms. The molecule has 1 spiro atoms. The molecule has 3 aliphatic rings. The lowest BCUT2D eigenvalue weighted by Crippen LogP contribution is -2.58. The van der Waals surface area contributed by atoms with E-state index in [0.717, 1.165) is 30.6 Å². The summed E-state index contributed by atoms with van der Waals surface area (Å²) in [7, 11) is -4.33. The summed E-state index contributed by atoms with van der Waals surface area (Å²) in [5.41, 5.74) is 3.62. The van der Waals surface area contributed by atoms with E-state index in [1.54, 1.807) is 10.9 Å². The number of carbonyl (C=O) groups is 1. The molecule has 0 radical (unpaired) electrons. The Kier molecular flexibility index (Phi) is 21.5. The van der Waals surface area contributed by atoms with Crippen LogP contribution >= 0.6 is 19.2 Å². The Labute approximate surface area is 410 Å². The molecule has 26 heteroatoms. The highest BCUT2D eigenvalue weighted by Gasteiger charge is 2.49. The van der Waals surface area contributed by atoms with Crippen LogP contribution in [0.2, 0.25) is 5.28 Å². The quantitative estimate of drug-likeness (QED) is 0.0254. The summed E-state index contributed by atoms with van der Waals surface area (Å²) in [6.07, 6.45) is 3.65. The standard InChI is InChI=1S/C44H64ClN8O16P/c45-43-47-40(37-26-46-53(41(37)48-43)42-39(55)25-36(69-42)29-67-32-70(56,57)58)51-30-44(31-51)5-4-33-2-3-35(24-38(33)44)68-23-22-65-19-18-63-16-17-64-20-21-66-28-34-27-52(50-49-34)6-9-60-11-13-62-15-14-61-12-10-59-8-1-7-54/h2-3,7,24,26-27,36,39,42,55H,1,4-6,8-23,25,28-32H2,(H2,56,57,58)/t36-,39+,42+/m0/s1. The first-order valence-electron chi connectivity index (χ1n) is 23.4. The van der Waals surface area contributed by atoms with E-state index in [1.165, 1.54) is 15.8 Å². The maximum Gasteiger partial charge on any atom is 0.350 e. The molecular formula is C44H64ClN8O16P. The number of aryl methyl sites for hydroxylation is 1. The molecule has 4 aromatic rings. The summed E-state index contributed by atoms with van der Waals surface area (Å²) in [6, 6.07) is 6.28. The van der Waals surface area contributed by atoms with Gasteiger partial charge in [-0.2, -0.15) is 15.1 Å². The highest BCUT2D eigenvalue weighted by atomic mass is 35.5. The number of aldehydes is 1. The SMILES string of the molecule is O=CCCOCCOCCOCCOCCn1cc(COCCOCCOCCOCCOc2ccc3c(c2)C2(CC3)CN(c3nc(Cl)nc4c3cnn4[C@@H]3O[C@H](COCP(=O)(O)O)C[C@H]3O)C2)nn1. The lowest BCUT2D eigenvalue weighted by Gasteiger charge is -2.49. The molecule has 5 heterocycles. The third-order valence-electron chi connectivity index (χ3n) is 11.6. The minimum Gasteiger partial charge on any atom is -0.491 e. The number of benzene rings is 1. The van der Waals surface area contributed by atoms with Gasteiger partial charge in [0.15, 0.2) is 11.9 Å². The van der Waals surface area contributed by atoms with Gasteiger partial charge in [-0.05, 0) is 47.7 Å². The normalized spacial score (nSPS) is 18.6. The van der Waals surface area contributed by atoms with E-state index in [2.05, 4.69) is 42.4 Å². The molecule has 0 amide bonds. The minimum absolute atomic E-state index is 0.0314. The maximum absolute atomic E-state index is 11.2. The highest BCUT2D eigenvalue weighted by molar-refractivity contribution is 7.51. The first-order chi connectivity index (χ1) is 34.1. The van der Waals surface area contributed by atoms with Gasteiger partial charge < -0.3 is 76.7 Å². The molecule has 1 aromatic carbocycles. The number of anilines is 1. The Morgan fingerprint density at radius 1 is 0.829 bits per heavy atom. The van der Waals surface area contributed by atoms with Crippen LogP contribution in [0.25, 0.3) is 11.0 Å². The van der Waals surface area contributed by atoms with Crippen molar-refractivity contribution in [3.05, 3.63) is 52.7 Å². The van der Waals surface area contributed by atoms with Crippen LogP contribution in [0.5, 0.6) is 5.75 Å². The highest BCUT2D eigenvalue weighted by Crippen LogP contribution is 2.49. The van der Waals surface area contributed by atoms with Crippen LogP contribution in [-0.4, -0.2) is 200 Å². The maximum atomic E-state index is 11.2. The fourth-order valence-electron chi connectivity index (χ4n) is 8.32. The molecule has 0 bridgehead atoms. The topological polar surface area (TPSA) is 274 Å². The summed E-state index contributed by atoms with van der Waals surface area (Å²) >= 11 is 6.45. The first-order valence-corrected chi connectivity index (χ1v) is 25.6. The van der Waals surface area contributed by atoms with Crippen molar-refractivity contribution in [2.75, 3.05) is 137 Å². The molecule has 2 saturated heterocycles. The number of halogens is 1. The summed E-state index contributed by atoms with van der Waals surface area (Å²) in [4.78, 5) is 39.6. The third kappa shape index (κ3) is 16.3. The number of carbonyl (C=O) groups excluding carboxylic acids is 1. The molecule has 2 fully saturated rings. The largest absolute Gasteiger partial charge is 0.491 e. The van der Waals surface area contributed by atoms with Crippen LogP contribution in [0.1, 0.15) is 42.3 Å². The lowest BCUT2D eigenvalue weighted by molar-refractivity contribution is -0.109. The molecule has 3 atom stereocenters. The van der Waals surface area contributed by atoms with Crippen LogP contribution in [0.15, 0.2) is 30.6 Å². The van der Waals surface area contributed by atoms with Crippen molar-refractivity contribution in [1.29, 1.82) is 0 Å². The number of fused-ring (bicyclic) bond motifs is 3. The van der Waals surface area contributed by atoms with Gasteiger partial charge in [-0.3, -0.25) is 4.57 Å². The van der Waals surface area contributed by atoms with Gasteiger partial charge >= 0.3 is 7.60 Å². The Morgan fingerprint density at radius 3 is 2.14 bits per heavy atom. The second-order valence-electron chi connectivity index (χ2n) is 16.8. The van der Waals surface area contributed by atoms with Crippen LogP contribution in [0.3, 0.4) is 0 Å². The van der Waals surface area contributed by atoms with Gasteiger partial charge in [-0.25, -0.2) is 9.36 Å². The van der Waals surface area contributed by atoms with E-state index in [9.17, 15) is 14.5 Å². The van der Waals surface area contributed by atoms with E-state index in [0.29, 0.717) is 155 Å². The van der Waals surface area contributed by atoms with Crippen LogP contribution in [-0.2, 0) is 81.7 Å². The van der Waals surface area contributed by atoms with Crippen LogP contribution in [0, 0.1) is 0 Å². The van der Waals surface area contributed by atoms with Gasteiger partial charge in [0.05, 0.1) is 143 Å². The zero-order valence-electron chi connectivity index (χ0n) is 39.1. The second kappa shape index (κ2) is 27.9. The molecule has 24 nitrogen and oxygen atoms in total. The molecule has 388 valence electrons. The van der Waals surface area contributed by atoms with Crippen molar-refractivity contribution < 1.29 is 76.4 Å². The Balaban J connectivity index is 0.696. The van der Waals surface area contributed by atoms with E-state index in [1.807, 2.05) is 12.3 Å². The van der Waals surface area contributed by atoms with Crippen molar-refractivity contribution in [2.45, 2.75) is 62.7 Å². The Morgan fingerprint density at radius 2 is 1.47 bits per heavy atom. The lowest BCUT2D eigenvalue weighted by atomic mass is 9.74. The summed E-state index contributed by atoms with van der Waals surface area (Å²) < 4.78 is 75.8. The van der Waals surface area contributed by atoms with Crippen molar-refractivity contribution in [3.8, 4) is 5.75 Å². The minimum atomic E-state index is -4.33. The van der Waals surface area contributed by atoms with Crippen molar-refractivity contribution in [3.63, 3.8) is 0 Å². The third-order valence-corrected chi connectivity index (χ3v) is 12.3.